The SMILES string of the molecule is [3H][I-]SC(=O)/C=C/C(=O)O[C@@H](C)C(=O)O.[3H][I-]SC(=O)CCC[C@H](OC(=O)/C=C/C(=O)O)C(=O)O.[3H][I-]SC(=O)CCNC(=O)/C=C/C(=O)O.[3H][I-]SC(=O)[C@@H](O)[C@H](O)C(=O)O.[3H][I-]SC(=O)[C@@H](OC(C)=O)[C@H](OC(C)=O)C(=O)O.[3H][I-]SC(=O)[C@@H](OC(C)=O)[C@H](OC(C)=O)C(=O)O[C@@H](C)C(=O)O.[3H][I-]SC(=O)[C@H](C)OC(=O)/C=C/C(=O)O.[3H][I-]SC(=O)[C@H](O)[C@@H](O)C(=O)O.[3H][I-]SC(=O)[C@H](O)[C@@H](O)C(=O)O[C@@H](C)C(=O)O. The van der Waals surface area contributed by atoms with Crippen LogP contribution < -0.4 is 194 Å². The Morgan fingerprint density at radius 3 is 0.942 bits per heavy atom. The van der Waals surface area contributed by atoms with Crippen LogP contribution in [0.25, 0.3) is 0 Å². The molecule has 0 aliphatic heterocycles. The van der Waals surface area contributed by atoms with Crippen LogP contribution in [0.1, 0.15) is 81.1 Å². The molecule has 0 saturated carbocycles. The Labute approximate surface area is 925 Å². The number of carbonyl (C=O) groups is 29. The molecule has 0 aromatic carbocycles. The van der Waals surface area contributed by atoms with Crippen LogP contribution in [0, 0.1) is 0 Å². The van der Waals surface area contributed by atoms with Crippen LogP contribution in [0.15, 0.2) is 48.6 Å². The Morgan fingerprint density at radius 1 is 0.290 bits per heavy atom. The van der Waals surface area contributed by atoms with Crippen molar-refractivity contribution >= 4 is 246 Å². The van der Waals surface area contributed by atoms with Crippen LogP contribution in [0.3, 0.4) is 0 Å². The Morgan fingerprint density at radius 2 is 0.594 bits per heavy atom. The number of carboxylic acid groups (broad SMARTS) is 10. The first-order chi connectivity index (χ1) is 68.1. The van der Waals surface area contributed by atoms with Crippen molar-refractivity contribution in [3.05, 3.63) is 48.6 Å². The molecule has 0 aliphatic rings. The zero-order valence-electron chi connectivity index (χ0n) is 78.6. The average molecular weight is 3190 g/mol. The van der Waals surface area contributed by atoms with Crippen LogP contribution in [0.2, 0.25) is 0 Å². The van der Waals surface area contributed by atoms with Crippen molar-refractivity contribution in [2.45, 2.75) is 173 Å². The van der Waals surface area contributed by atoms with Gasteiger partial charge in [-0.2, -0.15) is 0 Å². The molecule has 17 N–H and O–H groups in total. The third kappa shape index (κ3) is 85.3. The van der Waals surface area contributed by atoms with Crippen molar-refractivity contribution in [1.82, 2.24) is 5.32 Å². The van der Waals surface area contributed by atoms with Crippen LogP contribution in [0.4, 0.5) is 0 Å². The van der Waals surface area contributed by atoms with E-state index in [2.05, 4.69) is 43.2 Å². The van der Waals surface area contributed by atoms with Crippen LogP contribution in [0.5, 0.6) is 0 Å². The topological polar surface area (TPSA) is 914 Å². The zero-order chi connectivity index (χ0) is 116. The maximum absolute atomic E-state index is 12.0. The molecule has 0 saturated heterocycles. The number of carboxylic acids is 10. The summed E-state index contributed by atoms with van der Waals surface area (Å²) in [7, 11) is 6.25. The summed E-state index contributed by atoms with van der Waals surface area (Å²) in [6.45, 7) is 8.74. The van der Waals surface area contributed by atoms with Crippen LogP contribution in [-0.4, -0.2) is 351 Å². The second-order valence-corrected chi connectivity index (χ2v) is 39.4. The third-order valence-corrected chi connectivity index (χ3v) is 27.3. The van der Waals surface area contributed by atoms with Gasteiger partial charge >= 0.3 is 937 Å². The van der Waals surface area contributed by atoms with E-state index in [1.807, 2.05) is 0 Å². The molecule has 798 valence electrons. The molecule has 0 radical (unpaired) electrons. The van der Waals surface area contributed by atoms with E-state index in [4.69, 9.17) is 81.6 Å². The molecular formula is C65H83I9NO54S9-9. The zero-order valence-corrected chi connectivity index (χ0v) is 96.3. The Hall–Kier alpha value is -5.13. The van der Waals surface area contributed by atoms with E-state index in [1.54, 1.807) is 0 Å². The van der Waals surface area contributed by atoms with Gasteiger partial charge in [0.15, 0.2) is 0 Å². The number of hydrogen-bond donors (Lipinski definition) is 17. The molecule has 55 nitrogen and oxygen atoms in total. The second-order valence-electron chi connectivity index (χ2n) is 22.4. The number of aliphatic hydroxyl groups is 6. The molecule has 1 amide bonds. The molecule has 15 atom stereocenters. The fraction of sp³-hybridized carbons (Fsp3) is 0.431. The number of esters is 9. The molecule has 0 spiro atoms. The molecule has 0 unspecified atom stereocenters. The average Bonchev–Trinajstić information content (AvgIpc) is 0.825. The number of nitrogens with one attached hydrogen (secondary N) is 1. The fourth-order valence-electron chi connectivity index (χ4n) is 5.70. The van der Waals surface area contributed by atoms with Crippen LogP contribution in [-0.2, 0) is 182 Å². The molecule has 0 aromatic rings. The van der Waals surface area contributed by atoms with E-state index < -0.39 is 436 Å². The van der Waals surface area contributed by atoms with Gasteiger partial charge in [-0.05, 0) is 0 Å². The number of carbonyl (C=O) groups excluding carboxylic acids is 19. The van der Waals surface area contributed by atoms with Gasteiger partial charge in [-0.25, -0.2) is 0 Å². The monoisotopic (exact) mass is 3190 g/mol. The fourth-order valence-corrected chi connectivity index (χ4v) is 14.3. The van der Waals surface area contributed by atoms with E-state index >= 15 is 0 Å². The molecule has 0 aliphatic carbocycles. The first-order valence-corrected chi connectivity index (χ1v) is 64.3. The van der Waals surface area contributed by atoms with E-state index in [0.717, 1.165) is 108 Å². The standard InChI is InChI=1S/C11H14IO9S.C10H12IO7S.C8H10IO7S.C7H9INO4S.C7H10IO7S.2C7H8IO5S.2C4H6IO5S/c1-4(9(15)16)19-10(17)7(20-5(2)13)8(11(18)22-12)21-6(3)14;11-19-9(15)3-1-2-6(10(16)17)18-8(14)5-4-7(12)13;1-3(10)15-5(7(12)13)6(8(14)17-9)16-4(2)11;8-14-7(13)3-4-9-5(10)1-2-6(11)12;1-2(5(11)12)15-6(13)3(9)4(10)7(14)16-8;1-4(7(11)12)13-5(9)2-3-6(10)14-8;1-4(7(12)14-8)13-6(11)3-2-5(9)10;2*5-11-4(10)2(7)1(6)3(8)9/h4,7-8,12H,1-3H3,(H,15,16);4-6,11H,1-3H2,(H,12,13)(H,16,17);5-6,9H,1-2H3,(H,12,13);1-2,8H,3-4H2,(H,9,10)(H,11,12);2-4,8-10H,1H3,(H,11,12);2-4,8H,1H3,(H,11,12);2-4,8H,1H3,(H,9,10);2*1-2,5-7H,(H,8,9)/q9*-1/b;5-4+;;2-1+;;2*3-2+;;/t4-,7-,8-;6-;5-,6-;;2-,3+,4+;2*4-;2*1-,2-/m000.00010/s1/i12T;11T;9T;4*8T;2*5T. The number of hydrogen-bond acceptors (Lipinski definition) is 53. The summed E-state index contributed by atoms with van der Waals surface area (Å²) >= 11 is -9.97. The number of aliphatic hydroxyl groups excluding tert-OH is 6. The summed E-state index contributed by atoms with van der Waals surface area (Å²) < 4.78 is 102. The molecular weight excluding hydrogens is 3090 g/mol. The van der Waals surface area contributed by atoms with Gasteiger partial charge in [0.2, 0.25) is 0 Å². The summed E-state index contributed by atoms with van der Waals surface area (Å²) in [5.41, 5.74) is 0. The number of rotatable bonds is 53. The van der Waals surface area contributed by atoms with Crippen molar-refractivity contribution < 1.29 is 452 Å². The first kappa shape index (κ1) is 131. The maximum atomic E-state index is 12.0. The number of aliphatic carboxylic acids is 10. The molecule has 0 rings (SSSR count). The van der Waals surface area contributed by atoms with E-state index in [0.29, 0.717) is 62.9 Å². The normalized spacial score (nSPS) is 14.6. The van der Waals surface area contributed by atoms with Gasteiger partial charge in [0.1, 0.15) is 0 Å². The first-order valence-electron chi connectivity index (χ1n) is 37.5. The van der Waals surface area contributed by atoms with Gasteiger partial charge in [-0.3, -0.25) is 0 Å². The van der Waals surface area contributed by atoms with Gasteiger partial charge < -0.3 is 0 Å². The summed E-state index contributed by atoms with van der Waals surface area (Å²) in [4.78, 5) is 314. The van der Waals surface area contributed by atoms with Crippen molar-refractivity contribution in [3.8, 4) is 0 Å². The van der Waals surface area contributed by atoms with Gasteiger partial charge in [-0.15, -0.1) is 0 Å². The van der Waals surface area contributed by atoms with Crippen molar-refractivity contribution in [1.29, 1.82) is 5.34 Å². The quantitative estimate of drug-likeness (QED) is 0.0116. The molecule has 0 aromatic heterocycles. The predicted molar refractivity (Wildman–Crippen MR) is 441 cm³/mol. The van der Waals surface area contributed by atoms with Crippen LogP contribution >= 0.6 is 80.4 Å². The predicted octanol–water partition coefficient (Wildman–Crippen LogP) is -33.7. The summed E-state index contributed by atoms with van der Waals surface area (Å²) in [5.74, 6) is -24.1. The second kappa shape index (κ2) is 89.5. The third-order valence-electron chi connectivity index (χ3n) is 11.7. The van der Waals surface area contributed by atoms with Gasteiger partial charge in [0.05, 0.1) is 0 Å². The summed E-state index contributed by atoms with van der Waals surface area (Å²) in [6, 6.07) is 0. The van der Waals surface area contributed by atoms with E-state index in [-0.39, 0.29) is 42.5 Å². The molecule has 0 heterocycles. The van der Waals surface area contributed by atoms with Crippen molar-refractivity contribution in [3.63, 3.8) is 0 Å². The Bertz CT molecular complexity index is 4500. The Kier molecular flexibility index (Phi) is 84.9. The van der Waals surface area contributed by atoms with Gasteiger partial charge in [-0.1, -0.05) is 0 Å². The number of ether oxygens (including phenoxy) is 9. The number of amides is 1. The summed E-state index contributed by atoms with van der Waals surface area (Å²) in [5, 5.41) is 135. The van der Waals surface area contributed by atoms with Gasteiger partial charge in [0, 0.05) is 0 Å². The molecule has 0 bridgehead atoms. The van der Waals surface area contributed by atoms with Crippen molar-refractivity contribution in [2.24, 2.45) is 0 Å². The molecule has 138 heavy (non-hydrogen) atoms. The van der Waals surface area contributed by atoms with E-state index in [1.165, 1.54) is 13.8 Å². The van der Waals surface area contributed by atoms with E-state index in [9.17, 15) is 149 Å². The minimum absolute atomic E-state index is 0.0510. The Balaban J connectivity index is -0.000000210. The molecule has 73 heteroatoms. The van der Waals surface area contributed by atoms with Crippen molar-refractivity contribution in [2.75, 3.05) is 6.54 Å². The minimum atomic E-state index is -2.15. The van der Waals surface area contributed by atoms with Gasteiger partial charge in [0.25, 0.3) is 0 Å². The summed E-state index contributed by atoms with van der Waals surface area (Å²) in [6.07, 6.45) is -19.9. The molecule has 0 fully saturated rings. The number of halogens is 9.